The zero-order valence-electron chi connectivity index (χ0n) is 28.4. The zero-order chi connectivity index (χ0) is 0. The van der Waals surface area contributed by atoms with Crippen molar-refractivity contribution in [3.8, 4) is 0 Å². The molecule has 0 saturated heterocycles. The van der Waals surface area contributed by atoms with Gasteiger partial charge in [0.2, 0.25) is 0 Å². The monoisotopic (exact) mass is 588 g/mol. The summed E-state index contributed by atoms with van der Waals surface area (Å²) in [6, 6.07) is 0. The van der Waals surface area contributed by atoms with Crippen molar-refractivity contribution in [3.05, 3.63) is 0 Å². The van der Waals surface area contributed by atoms with E-state index in [-0.39, 0.29) is 412 Å². The minimum Gasteiger partial charge on any atom is -2.00 e. The van der Waals surface area contributed by atoms with Crippen molar-refractivity contribution in [2.45, 2.75) is 0 Å². The third-order valence-corrected chi connectivity index (χ3v) is 0. The summed E-state index contributed by atoms with van der Waals surface area (Å²) in [5, 5.41) is 0. The van der Waals surface area contributed by atoms with Crippen molar-refractivity contribution < 1.29 is 55.7 Å². The van der Waals surface area contributed by atoms with Crippen molar-refractivity contribution in [1.29, 1.82) is 0 Å². The van der Waals surface area contributed by atoms with Crippen molar-refractivity contribution in [3.63, 3.8) is 0 Å². The molecule has 0 saturated carbocycles. The smallest absolute Gasteiger partial charge is 2.00 e. The average molecular weight is 590 g/mol. The first-order valence-corrected chi connectivity index (χ1v) is 0. The molecule has 0 aliphatic carbocycles. The first kappa shape index (κ1) is 283. The third-order valence-electron chi connectivity index (χ3n) is 0. The molecule has 22 heavy (non-hydrogen) atoms. The van der Waals surface area contributed by atoms with Gasteiger partial charge in [0.15, 0.2) is 0 Å². The van der Waals surface area contributed by atoms with Gasteiger partial charge in [-0.15, -0.1) is 0 Å². The van der Waals surface area contributed by atoms with E-state index in [4.69, 9.17) is 0 Å². The molecule has 0 aromatic rings. The van der Waals surface area contributed by atoms with Gasteiger partial charge in [-0.1, -0.05) is 0 Å². The maximum atomic E-state index is 0. The van der Waals surface area contributed by atoms with E-state index in [1.165, 1.54) is 0 Å². The second kappa shape index (κ2) is 257. The largest absolute Gasteiger partial charge is 3.00 e. The van der Waals surface area contributed by atoms with E-state index in [1.807, 2.05) is 0 Å². The van der Waals surface area contributed by atoms with Crippen molar-refractivity contribution >= 4 is 356 Å². The number of rotatable bonds is 0. The van der Waals surface area contributed by atoms with Crippen LogP contribution in [0.25, 0.3) is 0 Å². The Kier molecular flexibility index (Phi) is 3310. The summed E-state index contributed by atoms with van der Waals surface area (Å²) in [5.74, 6) is 0. The van der Waals surface area contributed by atoms with Gasteiger partial charge in [-0.2, -0.15) is 0 Å². The summed E-state index contributed by atoms with van der Waals surface area (Å²) in [5.41, 5.74) is 0. The quantitative estimate of drug-likeness (QED) is 0.247. The second-order valence-electron chi connectivity index (χ2n) is 0. The van der Waals surface area contributed by atoms with Crippen molar-refractivity contribution in [1.82, 2.24) is 0 Å². The van der Waals surface area contributed by atoms with Gasteiger partial charge in [0.1, 0.15) is 0 Å². The van der Waals surface area contributed by atoms with Crippen LogP contribution in [-0.2, 0) is 32.9 Å². The number of hydrogen-bond donors (Lipinski definition) is 0. The van der Waals surface area contributed by atoms with Crippen LogP contribution in [0.15, 0.2) is 0 Å². The van der Waals surface area contributed by atoms with Gasteiger partial charge >= 0.3 is 313 Å². The van der Waals surface area contributed by atoms with E-state index >= 15 is 0 Å². The standard InChI is InChI=1S/4Al.4Ca.4Mg.6O.4Si.16H/q4*+3;8*+2;6*-2;;;;;16*-1. The first-order chi connectivity index (χ1) is 0. The topological polar surface area (TPSA) is 171 Å². The summed E-state index contributed by atoms with van der Waals surface area (Å²) in [7, 11) is 0. The Morgan fingerprint density at radius 2 is 0.273 bits per heavy atom. The van der Waals surface area contributed by atoms with Crippen LogP contribution < -0.4 is 0 Å². The van der Waals surface area contributed by atoms with Crippen LogP contribution >= 0.6 is 0 Å². The van der Waals surface area contributed by atoms with E-state index in [1.54, 1.807) is 0 Å². The van der Waals surface area contributed by atoms with Gasteiger partial charge in [0.25, 0.3) is 0 Å². The molecule has 0 aromatic heterocycles. The number of hydrogen-bond acceptors (Lipinski definition) is 0. The Morgan fingerprint density at radius 1 is 0.273 bits per heavy atom. The van der Waals surface area contributed by atoms with Gasteiger partial charge in [0, 0.05) is 43.9 Å². The summed E-state index contributed by atoms with van der Waals surface area (Å²) in [6.45, 7) is 0. The van der Waals surface area contributed by atoms with Gasteiger partial charge in [0.05, 0.1) is 0 Å². The zero-order valence-corrected chi connectivity index (χ0v) is 35.5. The van der Waals surface area contributed by atoms with Crippen LogP contribution in [0.5, 0.6) is 0 Å². The predicted molar refractivity (Wildman–Crippen MR) is 114 cm³/mol. The summed E-state index contributed by atoms with van der Waals surface area (Å²) in [4.78, 5) is 0. The molecule has 0 heterocycles. The van der Waals surface area contributed by atoms with E-state index < -0.39 is 0 Å². The van der Waals surface area contributed by atoms with Gasteiger partial charge in [-0.05, 0) is 0 Å². The Labute approximate surface area is 402 Å². The molecule has 0 unspecified atom stereocenters. The predicted octanol–water partition coefficient (Wildman–Crippen LogP) is -5.01. The van der Waals surface area contributed by atoms with Crippen LogP contribution in [0.4, 0.5) is 0 Å². The van der Waals surface area contributed by atoms with E-state index in [0.29, 0.717) is 0 Å². The van der Waals surface area contributed by atoms with Crippen LogP contribution in [0.3, 0.4) is 0 Å². The minimum atomic E-state index is 0. The minimum absolute atomic E-state index is 0. The first-order valence-electron chi connectivity index (χ1n) is 0. The van der Waals surface area contributed by atoms with Crippen LogP contribution in [0.2, 0.25) is 0 Å². The van der Waals surface area contributed by atoms with Crippen molar-refractivity contribution in [2.75, 3.05) is 0 Å². The molecule has 0 amide bonds. The Bertz CT molecular complexity index is 87.9. The van der Waals surface area contributed by atoms with Crippen molar-refractivity contribution in [2.24, 2.45) is 0 Å². The van der Waals surface area contributed by atoms with E-state index in [9.17, 15) is 0 Å². The van der Waals surface area contributed by atoms with Gasteiger partial charge in [-0.3, -0.25) is 0 Å². The molecule has 0 fully saturated rings. The normalized spacial score (nSPS) is 0. The molecule has 0 N–H and O–H groups in total. The molecule has 0 atom stereocenters. The fourth-order valence-corrected chi connectivity index (χ4v) is 0. The van der Waals surface area contributed by atoms with Crippen LogP contribution in [-0.4, -0.2) is 356 Å². The van der Waals surface area contributed by atoms with Crippen LogP contribution in [0.1, 0.15) is 22.8 Å². The maximum Gasteiger partial charge on any atom is 3.00 e. The van der Waals surface area contributed by atoms with Gasteiger partial charge in [-0.25, -0.2) is 0 Å². The third kappa shape index (κ3) is 233. The second-order valence-corrected chi connectivity index (χ2v) is 0. The fraction of sp³-hybridized carbons (Fsp3) is 0. The molecule has 0 bridgehead atoms. The molecule has 22 heteroatoms. The van der Waals surface area contributed by atoms with E-state index in [0.717, 1.165) is 0 Å². The SMILES string of the molecule is [Al+3].[Al+3].[Al+3].[Al+3].[Ca+2].[Ca+2].[Ca+2].[Ca+2].[H-].[H-].[H-].[H-].[H-].[H-].[H-].[H-].[H-].[H-].[H-].[H-].[H-].[H-].[H-].[H-].[Mg+2].[Mg+2].[Mg+2].[Mg+2].[O-2].[O-2].[O-2].[O-2].[O-2].[O-2].[Si].[Si].[Si].[Si]. The molecule has 0 rings (SSSR count). The molecule has 6 nitrogen and oxygen atoms in total. The molecule has 0 aliphatic rings. The molecule has 0 aliphatic heterocycles. The average Bonchev–Trinajstić information content (AvgIpc) is 0. The Hall–Kier alpha value is 10.9. The van der Waals surface area contributed by atoms with Crippen LogP contribution in [0, 0.1) is 0 Å². The Morgan fingerprint density at radius 3 is 0.273 bits per heavy atom. The molecule has 0 aromatic carbocycles. The molecule has 16 radical (unpaired) electrons. The molecular formula is H16Al4Ca4Mg4O6Si4. The molecule has 0 spiro atoms. The summed E-state index contributed by atoms with van der Waals surface area (Å²) < 4.78 is 0. The summed E-state index contributed by atoms with van der Waals surface area (Å²) >= 11 is 0. The van der Waals surface area contributed by atoms with E-state index in [2.05, 4.69) is 0 Å². The molecular weight excluding hydrogens is 574 g/mol. The Balaban J connectivity index is 0. The van der Waals surface area contributed by atoms with Gasteiger partial charge < -0.3 is 55.7 Å². The molecule has 96 valence electrons. The fourth-order valence-electron chi connectivity index (χ4n) is 0. The maximum absolute atomic E-state index is 0. The summed E-state index contributed by atoms with van der Waals surface area (Å²) in [6.07, 6.45) is 0.